The Bertz CT molecular complexity index is 245. The highest BCUT2D eigenvalue weighted by Gasteiger charge is 2.12. The predicted octanol–water partition coefficient (Wildman–Crippen LogP) is 1.95. The molecule has 0 aromatic carbocycles. The average Bonchev–Trinajstić information content (AvgIpc) is 2.51. The molecule has 0 amide bonds. The minimum absolute atomic E-state index is 0.0798. The molecule has 1 rings (SSSR count). The summed E-state index contributed by atoms with van der Waals surface area (Å²) in [7, 11) is 0. The monoisotopic (exact) mass is 201 g/mol. The Morgan fingerprint density at radius 1 is 1.92 bits per heavy atom. The Morgan fingerprint density at radius 3 is 3.08 bits per heavy atom. The van der Waals surface area contributed by atoms with Crippen LogP contribution in [0.3, 0.4) is 0 Å². The van der Waals surface area contributed by atoms with Gasteiger partial charge in [0.05, 0.1) is 5.25 Å². The second-order valence-corrected chi connectivity index (χ2v) is 4.61. The summed E-state index contributed by atoms with van der Waals surface area (Å²) < 4.78 is 0.983. The largest absolute Gasteiger partial charge is 0.387 e. The predicted molar refractivity (Wildman–Crippen MR) is 54.0 cm³/mol. The van der Waals surface area contributed by atoms with Crippen LogP contribution >= 0.6 is 23.1 Å². The highest BCUT2D eigenvalue weighted by molar-refractivity contribution is 8.02. The molecule has 0 aliphatic heterocycles. The molecule has 5 heteroatoms. The van der Waals surface area contributed by atoms with Crippen LogP contribution in [0.1, 0.15) is 13.3 Å². The first kappa shape index (κ1) is 9.54. The lowest BCUT2D eigenvalue weighted by atomic mass is 10.3. The van der Waals surface area contributed by atoms with Crippen LogP contribution in [0.2, 0.25) is 0 Å². The van der Waals surface area contributed by atoms with Crippen molar-refractivity contribution in [2.45, 2.75) is 22.9 Å². The van der Waals surface area contributed by atoms with E-state index in [1.807, 2.05) is 12.3 Å². The number of nitrogens with one attached hydrogen (secondary N) is 1. The molecule has 0 aliphatic carbocycles. The molecule has 0 fully saturated rings. The number of aromatic nitrogens is 1. The summed E-state index contributed by atoms with van der Waals surface area (Å²) in [4.78, 5) is 4.12. The van der Waals surface area contributed by atoms with E-state index in [1.54, 1.807) is 29.3 Å². The lowest BCUT2D eigenvalue weighted by Gasteiger charge is -2.09. The Balaban J connectivity index is 2.54. The number of rotatable bonds is 4. The Hall–Kier alpha value is -0.550. The number of thioether (sulfide) groups is 1. The fourth-order valence-corrected chi connectivity index (χ4v) is 2.51. The molecule has 3 N–H and O–H groups in total. The van der Waals surface area contributed by atoms with Gasteiger partial charge in [0.1, 0.15) is 10.2 Å². The molecule has 3 nitrogen and oxygen atoms in total. The van der Waals surface area contributed by atoms with E-state index in [1.165, 1.54) is 0 Å². The van der Waals surface area contributed by atoms with E-state index in [0.29, 0.717) is 0 Å². The van der Waals surface area contributed by atoms with Crippen LogP contribution in [-0.4, -0.2) is 16.1 Å². The maximum Gasteiger partial charge on any atom is 0.150 e. The van der Waals surface area contributed by atoms with Crippen LogP contribution in [0.15, 0.2) is 15.9 Å². The van der Waals surface area contributed by atoms with Crippen molar-refractivity contribution in [2.75, 3.05) is 0 Å². The molecule has 1 aromatic heterocycles. The third kappa shape index (κ3) is 2.49. The Kier molecular flexibility index (Phi) is 3.55. The molecular formula is C7H11N3S2. The summed E-state index contributed by atoms with van der Waals surface area (Å²) in [6.45, 7) is 2.02. The molecule has 0 spiro atoms. The van der Waals surface area contributed by atoms with Crippen molar-refractivity contribution in [3.05, 3.63) is 11.6 Å². The van der Waals surface area contributed by atoms with Gasteiger partial charge in [-0.05, 0) is 6.42 Å². The van der Waals surface area contributed by atoms with Gasteiger partial charge in [0.15, 0.2) is 0 Å². The van der Waals surface area contributed by atoms with Gasteiger partial charge in [-0.25, -0.2) is 4.98 Å². The number of amidine groups is 1. The van der Waals surface area contributed by atoms with Crippen molar-refractivity contribution in [1.82, 2.24) is 4.98 Å². The number of thiazole rings is 1. The molecule has 1 heterocycles. The maximum atomic E-state index is 7.29. The van der Waals surface area contributed by atoms with Gasteiger partial charge in [0.2, 0.25) is 0 Å². The molecule has 0 saturated heterocycles. The molecule has 1 aromatic rings. The molecule has 1 atom stereocenters. The highest BCUT2D eigenvalue weighted by atomic mass is 32.2. The van der Waals surface area contributed by atoms with E-state index in [-0.39, 0.29) is 11.1 Å². The van der Waals surface area contributed by atoms with Gasteiger partial charge in [0, 0.05) is 11.6 Å². The van der Waals surface area contributed by atoms with Gasteiger partial charge in [-0.1, -0.05) is 18.7 Å². The molecule has 0 aliphatic rings. The smallest absolute Gasteiger partial charge is 0.150 e. The van der Waals surface area contributed by atoms with Crippen molar-refractivity contribution in [3.63, 3.8) is 0 Å². The van der Waals surface area contributed by atoms with Crippen molar-refractivity contribution in [2.24, 2.45) is 5.73 Å². The van der Waals surface area contributed by atoms with Crippen LogP contribution in [0.25, 0.3) is 0 Å². The third-order valence-electron chi connectivity index (χ3n) is 1.37. The van der Waals surface area contributed by atoms with E-state index in [2.05, 4.69) is 4.98 Å². The SMILES string of the molecule is CCC(Sc1nccs1)C(=N)N. The first-order valence-electron chi connectivity index (χ1n) is 3.64. The van der Waals surface area contributed by atoms with Crippen LogP contribution in [0.4, 0.5) is 0 Å². The van der Waals surface area contributed by atoms with Gasteiger partial charge in [0.25, 0.3) is 0 Å². The molecule has 0 radical (unpaired) electrons. The van der Waals surface area contributed by atoms with Gasteiger partial charge in [-0.3, -0.25) is 5.41 Å². The maximum absolute atomic E-state index is 7.29. The number of nitrogens with two attached hydrogens (primary N) is 1. The minimum atomic E-state index is 0.0798. The molecular weight excluding hydrogens is 190 g/mol. The first-order chi connectivity index (χ1) is 5.74. The van der Waals surface area contributed by atoms with Crippen molar-refractivity contribution in [1.29, 1.82) is 5.41 Å². The molecule has 1 unspecified atom stereocenters. The molecule has 0 bridgehead atoms. The summed E-state index contributed by atoms with van der Waals surface area (Å²) in [5.74, 6) is 0.234. The van der Waals surface area contributed by atoms with Crippen molar-refractivity contribution in [3.8, 4) is 0 Å². The zero-order valence-corrected chi connectivity index (χ0v) is 8.41. The molecule has 66 valence electrons. The van der Waals surface area contributed by atoms with Gasteiger partial charge < -0.3 is 5.73 Å². The summed E-state index contributed by atoms with van der Waals surface area (Å²) in [5, 5.41) is 9.29. The van der Waals surface area contributed by atoms with E-state index >= 15 is 0 Å². The van der Waals surface area contributed by atoms with E-state index in [9.17, 15) is 0 Å². The van der Waals surface area contributed by atoms with Crippen molar-refractivity contribution < 1.29 is 0 Å². The quantitative estimate of drug-likeness (QED) is 0.444. The second-order valence-electron chi connectivity index (χ2n) is 2.27. The van der Waals surface area contributed by atoms with Gasteiger partial charge >= 0.3 is 0 Å². The fourth-order valence-electron chi connectivity index (χ4n) is 0.757. The highest BCUT2D eigenvalue weighted by Crippen LogP contribution is 2.26. The van der Waals surface area contributed by atoms with E-state index in [0.717, 1.165) is 10.8 Å². The van der Waals surface area contributed by atoms with E-state index in [4.69, 9.17) is 11.1 Å². The number of hydrogen-bond acceptors (Lipinski definition) is 4. The van der Waals surface area contributed by atoms with E-state index < -0.39 is 0 Å². The standard InChI is InChI=1S/C7H11N3S2/c1-2-5(6(8)9)12-7-10-3-4-11-7/h3-5H,2H2,1H3,(H3,8,9). The lowest BCUT2D eigenvalue weighted by molar-refractivity contribution is 0.989. The normalized spacial score (nSPS) is 12.8. The summed E-state index contributed by atoms with van der Waals surface area (Å²) in [6, 6.07) is 0. The third-order valence-corrected chi connectivity index (χ3v) is 3.69. The first-order valence-corrected chi connectivity index (χ1v) is 5.40. The number of nitrogens with zero attached hydrogens (tertiary/aromatic N) is 1. The van der Waals surface area contributed by atoms with Crippen LogP contribution in [-0.2, 0) is 0 Å². The van der Waals surface area contributed by atoms with Crippen LogP contribution in [0.5, 0.6) is 0 Å². The zero-order valence-electron chi connectivity index (χ0n) is 6.78. The summed E-state index contributed by atoms with van der Waals surface area (Å²) >= 11 is 3.14. The Morgan fingerprint density at radius 2 is 2.67 bits per heavy atom. The Labute approximate surface area is 79.9 Å². The van der Waals surface area contributed by atoms with Gasteiger partial charge in [-0.15, -0.1) is 11.3 Å². The summed E-state index contributed by atoms with van der Waals surface area (Å²) in [6.07, 6.45) is 2.64. The second kappa shape index (κ2) is 4.47. The lowest BCUT2D eigenvalue weighted by Crippen LogP contribution is -2.23. The average molecular weight is 201 g/mol. The summed E-state index contributed by atoms with van der Waals surface area (Å²) in [5.41, 5.74) is 5.40. The zero-order chi connectivity index (χ0) is 8.97. The fraction of sp³-hybridized carbons (Fsp3) is 0.429. The van der Waals surface area contributed by atoms with Gasteiger partial charge in [-0.2, -0.15) is 0 Å². The number of hydrogen-bond donors (Lipinski definition) is 2. The van der Waals surface area contributed by atoms with Crippen LogP contribution in [0, 0.1) is 5.41 Å². The molecule has 0 saturated carbocycles. The van der Waals surface area contributed by atoms with Crippen LogP contribution < -0.4 is 5.73 Å². The molecule has 12 heavy (non-hydrogen) atoms. The minimum Gasteiger partial charge on any atom is -0.387 e. The topological polar surface area (TPSA) is 62.8 Å². The van der Waals surface area contributed by atoms with Crippen molar-refractivity contribution >= 4 is 28.9 Å².